The summed E-state index contributed by atoms with van der Waals surface area (Å²) in [6.07, 6.45) is -4.31. The Balaban J connectivity index is 1.71. The molecule has 0 spiro atoms. The Morgan fingerprint density at radius 3 is 2.27 bits per heavy atom. The van der Waals surface area contributed by atoms with E-state index in [1.165, 1.54) is 15.0 Å². The fraction of sp³-hybridized carbons (Fsp3) is 0.129. The third kappa shape index (κ3) is 5.43. The summed E-state index contributed by atoms with van der Waals surface area (Å²) in [6, 6.07) is 19.2. The second-order valence-corrected chi connectivity index (χ2v) is 11.3. The SMILES string of the molecule is C=CS(=O)(=O)Nc1ccccc1-c1c(CC)c(C#N)c2n(CC(=O)Nc3ccc(C(F)(F)F)cc3)c3ccccc3n2c1=O. The zero-order valence-corrected chi connectivity index (χ0v) is 24.0. The molecule has 2 aromatic heterocycles. The maximum atomic E-state index is 14.3. The van der Waals surface area contributed by atoms with Gasteiger partial charge >= 0.3 is 6.18 Å². The lowest BCUT2D eigenvalue weighted by molar-refractivity contribution is -0.137. The Kier molecular flexibility index (Phi) is 7.79. The molecule has 2 N–H and O–H groups in total. The quantitative estimate of drug-likeness (QED) is 0.224. The van der Waals surface area contributed by atoms with Gasteiger partial charge in [-0.3, -0.25) is 18.7 Å². The van der Waals surface area contributed by atoms with Crippen LogP contribution in [0.2, 0.25) is 0 Å². The van der Waals surface area contributed by atoms with Gasteiger partial charge in [-0.05, 0) is 54.4 Å². The number of imidazole rings is 1. The lowest BCUT2D eigenvalue weighted by atomic mass is 9.95. The predicted molar refractivity (Wildman–Crippen MR) is 162 cm³/mol. The second kappa shape index (κ2) is 11.4. The minimum Gasteiger partial charge on any atom is -0.325 e. The van der Waals surface area contributed by atoms with E-state index in [-0.39, 0.29) is 46.7 Å². The number of aromatic nitrogens is 2. The number of nitriles is 1. The number of para-hydroxylation sites is 3. The van der Waals surface area contributed by atoms with Crippen molar-refractivity contribution in [2.45, 2.75) is 26.1 Å². The molecule has 0 bridgehead atoms. The zero-order chi connectivity index (χ0) is 31.8. The van der Waals surface area contributed by atoms with Crippen LogP contribution in [-0.4, -0.2) is 23.3 Å². The Labute approximate surface area is 249 Å². The summed E-state index contributed by atoms with van der Waals surface area (Å²) in [5.74, 6) is -0.601. The monoisotopic (exact) mass is 619 g/mol. The van der Waals surface area contributed by atoms with Crippen molar-refractivity contribution in [1.29, 1.82) is 5.26 Å². The van der Waals surface area contributed by atoms with Gasteiger partial charge in [0.05, 0.1) is 33.4 Å². The highest BCUT2D eigenvalue weighted by atomic mass is 32.2. The van der Waals surface area contributed by atoms with Crippen LogP contribution in [0.1, 0.15) is 23.6 Å². The summed E-state index contributed by atoms with van der Waals surface area (Å²) in [5.41, 5.74) is 0.630. The van der Waals surface area contributed by atoms with Crippen LogP contribution in [0.5, 0.6) is 0 Å². The molecule has 0 radical (unpaired) electrons. The highest BCUT2D eigenvalue weighted by molar-refractivity contribution is 7.95. The Morgan fingerprint density at radius 1 is 1.02 bits per heavy atom. The highest BCUT2D eigenvalue weighted by Crippen LogP contribution is 2.34. The second-order valence-electron chi connectivity index (χ2n) is 9.72. The first-order chi connectivity index (χ1) is 20.9. The molecule has 5 rings (SSSR count). The summed E-state index contributed by atoms with van der Waals surface area (Å²) in [4.78, 5) is 27.5. The van der Waals surface area contributed by atoms with E-state index < -0.39 is 33.2 Å². The van der Waals surface area contributed by atoms with E-state index in [2.05, 4.69) is 22.7 Å². The van der Waals surface area contributed by atoms with Crippen molar-refractivity contribution in [2.75, 3.05) is 10.0 Å². The van der Waals surface area contributed by atoms with Crippen LogP contribution in [0, 0.1) is 11.3 Å². The number of sulfonamides is 1. The molecule has 0 aliphatic carbocycles. The Morgan fingerprint density at radius 2 is 1.66 bits per heavy atom. The van der Waals surface area contributed by atoms with Crippen LogP contribution >= 0.6 is 0 Å². The highest BCUT2D eigenvalue weighted by Gasteiger charge is 2.30. The first-order valence-electron chi connectivity index (χ1n) is 13.2. The molecule has 13 heteroatoms. The topological polar surface area (TPSA) is 125 Å². The average molecular weight is 620 g/mol. The lowest BCUT2D eigenvalue weighted by Crippen LogP contribution is -2.23. The minimum atomic E-state index is -4.53. The molecule has 2 heterocycles. The summed E-state index contributed by atoms with van der Waals surface area (Å²) in [7, 11) is -3.94. The van der Waals surface area contributed by atoms with Gasteiger partial charge in [-0.1, -0.05) is 43.8 Å². The molecule has 5 aromatic rings. The van der Waals surface area contributed by atoms with E-state index in [0.717, 1.165) is 29.7 Å². The van der Waals surface area contributed by atoms with Gasteiger partial charge in [-0.25, -0.2) is 8.42 Å². The largest absolute Gasteiger partial charge is 0.416 e. The van der Waals surface area contributed by atoms with Crippen LogP contribution in [-0.2, 0) is 34.0 Å². The summed E-state index contributed by atoms with van der Waals surface area (Å²) in [6.45, 7) is 4.69. The molecule has 0 atom stereocenters. The molecule has 0 aliphatic heterocycles. The average Bonchev–Trinajstić information content (AvgIpc) is 3.31. The molecule has 3 aromatic carbocycles. The van der Waals surface area contributed by atoms with Crippen molar-refractivity contribution in [1.82, 2.24) is 8.97 Å². The molecule has 0 saturated carbocycles. The van der Waals surface area contributed by atoms with Crippen LogP contribution < -0.4 is 15.6 Å². The Bertz CT molecular complexity index is 2160. The van der Waals surface area contributed by atoms with Crippen LogP contribution in [0.4, 0.5) is 24.5 Å². The number of carbonyl (C=O) groups excluding carboxylic acids is 1. The number of pyridine rings is 1. The fourth-order valence-corrected chi connectivity index (χ4v) is 5.73. The van der Waals surface area contributed by atoms with E-state index in [1.807, 2.05) is 0 Å². The van der Waals surface area contributed by atoms with E-state index in [4.69, 9.17) is 0 Å². The predicted octanol–water partition coefficient (Wildman–Crippen LogP) is 5.90. The van der Waals surface area contributed by atoms with Gasteiger partial charge in [-0.2, -0.15) is 18.4 Å². The number of nitrogens with one attached hydrogen (secondary N) is 2. The number of benzene rings is 3. The van der Waals surface area contributed by atoms with E-state index >= 15 is 0 Å². The van der Waals surface area contributed by atoms with Crippen molar-refractivity contribution in [3.8, 4) is 17.2 Å². The van der Waals surface area contributed by atoms with Crippen LogP contribution in [0.25, 0.3) is 27.8 Å². The maximum absolute atomic E-state index is 14.3. The van der Waals surface area contributed by atoms with Crippen molar-refractivity contribution in [2.24, 2.45) is 0 Å². The van der Waals surface area contributed by atoms with Gasteiger partial charge in [0.25, 0.3) is 15.6 Å². The summed E-state index contributed by atoms with van der Waals surface area (Å²) < 4.78 is 68.8. The van der Waals surface area contributed by atoms with Gasteiger partial charge in [0.2, 0.25) is 5.91 Å². The lowest BCUT2D eigenvalue weighted by Gasteiger charge is -2.16. The van der Waals surface area contributed by atoms with E-state index in [0.29, 0.717) is 16.6 Å². The standard InChI is InChI=1S/C31H24F3N5O4S/c1-3-21-23(17-35)29-38(18-27(40)36-20-15-13-19(14-16-20)31(32,33)34)25-11-7-8-12-26(25)39(29)30(41)28(21)22-9-5-6-10-24(22)37-44(42,43)4-2/h4-16,37H,2-3,18H2,1H3,(H,36,40). The van der Waals surface area contributed by atoms with E-state index in [1.54, 1.807) is 49.4 Å². The normalized spacial score (nSPS) is 11.8. The number of halogens is 3. The van der Waals surface area contributed by atoms with Gasteiger partial charge in [0.15, 0.2) is 0 Å². The third-order valence-corrected chi connectivity index (χ3v) is 8.00. The number of anilines is 2. The molecular weight excluding hydrogens is 595 g/mol. The molecule has 0 saturated heterocycles. The molecule has 224 valence electrons. The minimum absolute atomic E-state index is 0.0991. The number of alkyl halides is 3. The number of carbonyl (C=O) groups is 1. The summed E-state index contributed by atoms with van der Waals surface area (Å²) >= 11 is 0. The molecule has 44 heavy (non-hydrogen) atoms. The molecule has 0 unspecified atom stereocenters. The van der Waals surface area contributed by atoms with Crippen molar-refractivity contribution in [3.05, 3.63) is 112 Å². The molecule has 0 fully saturated rings. The van der Waals surface area contributed by atoms with Gasteiger partial charge in [0.1, 0.15) is 18.3 Å². The molecule has 1 amide bonds. The number of amides is 1. The van der Waals surface area contributed by atoms with Crippen molar-refractivity contribution < 1.29 is 26.4 Å². The Hall–Kier alpha value is -5.35. The molecular formula is C31H24F3N5O4S. The number of nitrogens with zero attached hydrogens (tertiary/aromatic N) is 3. The first-order valence-corrected chi connectivity index (χ1v) is 14.8. The van der Waals surface area contributed by atoms with E-state index in [9.17, 15) is 36.4 Å². The van der Waals surface area contributed by atoms with Crippen LogP contribution in [0.3, 0.4) is 0 Å². The summed E-state index contributed by atoms with van der Waals surface area (Å²) in [5, 5.41) is 13.7. The number of fused-ring (bicyclic) bond motifs is 3. The number of hydrogen-bond acceptors (Lipinski definition) is 5. The fourth-order valence-electron chi connectivity index (χ4n) is 5.16. The smallest absolute Gasteiger partial charge is 0.325 e. The number of rotatable bonds is 8. The van der Waals surface area contributed by atoms with Crippen molar-refractivity contribution >= 4 is 44.0 Å². The van der Waals surface area contributed by atoms with Crippen molar-refractivity contribution in [3.63, 3.8) is 0 Å². The van der Waals surface area contributed by atoms with Crippen LogP contribution in [0.15, 0.2) is 89.6 Å². The van der Waals surface area contributed by atoms with Gasteiger partial charge in [0, 0.05) is 16.7 Å². The molecule has 0 aliphatic rings. The van der Waals surface area contributed by atoms with Gasteiger partial charge < -0.3 is 9.88 Å². The maximum Gasteiger partial charge on any atom is 0.416 e. The first kappa shape index (κ1) is 30.1. The third-order valence-electron chi connectivity index (χ3n) is 7.06. The zero-order valence-electron chi connectivity index (χ0n) is 23.1. The van der Waals surface area contributed by atoms with Gasteiger partial charge in [-0.15, -0.1) is 0 Å². The number of hydrogen-bond donors (Lipinski definition) is 2. The molecule has 9 nitrogen and oxygen atoms in total.